The number of rotatable bonds is 3. The first kappa shape index (κ1) is 20.6. The molecule has 32 heavy (non-hydrogen) atoms. The molecular formula is C26H28N2O4. The van der Waals surface area contributed by atoms with Crippen molar-refractivity contribution in [2.45, 2.75) is 44.7 Å². The molecule has 1 amide bonds. The van der Waals surface area contributed by atoms with E-state index < -0.39 is 17.7 Å². The highest BCUT2D eigenvalue weighted by atomic mass is 16.5. The lowest BCUT2D eigenvalue weighted by Crippen LogP contribution is -2.37. The van der Waals surface area contributed by atoms with Gasteiger partial charge in [-0.3, -0.25) is 9.59 Å². The van der Waals surface area contributed by atoms with Gasteiger partial charge in [-0.15, -0.1) is 0 Å². The second-order valence-electron chi connectivity index (χ2n) is 8.95. The number of carbonyl (C=O) groups is 2. The number of carbonyl (C=O) groups excluding carboxylic acids is 2. The van der Waals surface area contributed by atoms with Gasteiger partial charge >= 0.3 is 0 Å². The number of amides is 1. The first-order valence-corrected chi connectivity index (χ1v) is 11.3. The fourth-order valence-electron chi connectivity index (χ4n) is 5.26. The van der Waals surface area contributed by atoms with Gasteiger partial charge in [-0.05, 0) is 49.1 Å². The van der Waals surface area contributed by atoms with Crippen molar-refractivity contribution in [3.05, 3.63) is 64.7 Å². The summed E-state index contributed by atoms with van der Waals surface area (Å²) in [7, 11) is 1.97. The summed E-state index contributed by atoms with van der Waals surface area (Å²) in [5, 5.41) is 11.4. The Morgan fingerprint density at radius 2 is 1.84 bits per heavy atom. The minimum atomic E-state index is -0.607. The molecule has 2 heterocycles. The standard InChI is InChI=1S/C26H28N2O4/c1-16-7-3-6-10-19(16)23-22(25(30)26(31)28(23)18-8-4-5-9-18)24(29)17-11-12-21-20(15-17)27(2)13-14-32-21/h3,6-7,10-12,15,18,23,29H,4-5,8-9,13-14H2,1-2H3/b24-22+. The first-order valence-electron chi connectivity index (χ1n) is 11.3. The third-order valence-electron chi connectivity index (χ3n) is 7.01. The fraction of sp³-hybridized carbons (Fsp3) is 0.385. The molecule has 2 fully saturated rings. The Balaban J connectivity index is 1.67. The highest BCUT2D eigenvalue weighted by Crippen LogP contribution is 2.45. The van der Waals surface area contributed by atoms with Gasteiger partial charge in [0.05, 0.1) is 23.8 Å². The van der Waals surface area contributed by atoms with Crippen LogP contribution in [0.4, 0.5) is 5.69 Å². The number of aliphatic hydroxyl groups excluding tert-OH is 1. The van der Waals surface area contributed by atoms with Crippen LogP contribution in [0.1, 0.15) is 48.4 Å². The maximum atomic E-state index is 13.3. The normalized spacial score (nSPS) is 22.9. The van der Waals surface area contributed by atoms with E-state index in [-0.39, 0.29) is 17.4 Å². The number of anilines is 1. The Hall–Kier alpha value is -3.28. The zero-order valence-corrected chi connectivity index (χ0v) is 18.5. The molecule has 0 bridgehead atoms. The van der Waals surface area contributed by atoms with Crippen LogP contribution in [0.2, 0.25) is 0 Å². The lowest BCUT2D eigenvalue weighted by molar-refractivity contribution is -0.141. The number of aryl methyl sites for hydroxylation is 1. The van der Waals surface area contributed by atoms with Gasteiger partial charge in [0.1, 0.15) is 18.1 Å². The van der Waals surface area contributed by atoms with Crippen LogP contribution in [-0.4, -0.2) is 47.9 Å². The molecule has 1 N–H and O–H groups in total. The van der Waals surface area contributed by atoms with E-state index in [1.54, 1.807) is 11.0 Å². The van der Waals surface area contributed by atoms with Gasteiger partial charge in [0.2, 0.25) is 0 Å². The van der Waals surface area contributed by atoms with Crippen LogP contribution < -0.4 is 9.64 Å². The topological polar surface area (TPSA) is 70.1 Å². The molecule has 166 valence electrons. The number of fused-ring (bicyclic) bond motifs is 1. The summed E-state index contributed by atoms with van der Waals surface area (Å²) >= 11 is 0. The number of ether oxygens (including phenoxy) is 1. The van der Waals surface area contributed by atoms with Crippen LogP contribution in [0.15, 0.2) is 48.0 Å². The maximum Gasteiger partial charge on any atom is 0.295 e. The molecule has 1 saturated heterocycles. The molecule has 6 heteroatoms. The molecule has 1 unspecified atom stereocenters. The summed E-state index contributed by atoms with van der Waals surface area (Å²) in [5.41, 5.74) is 3.43. The van der Waals surface area contributed by atoms with Gasteiger partial charge in [0.15, 0.2) is 0 Å². The molecule has 6 nitrogen and oxygen atoms in total. The fourth-order valence-corrected chi connectivity index (χ4v) is 5.26. The first-order chi connectivity index (χ1) is 15.5. The summed E-state index contributed by atoms with van der Waals surface area (Å²) < 4.78 is 5.71. The van der Waals surface area contributed by atoms with E-state index in [2.05, 4.69) is 4.90 Å². The number of hydrogen-bond donors (Lipinski definition) is 1. The lowest BCUT2D eigenvalue weighted by Gasteiger charge is -2.31. The van der Waals surface area contributed by atoms with Crippen molar-refractivity contribution in [2.24, 2.45) is 0 Å². The van der Waals surface area contributed by atoms with Gasteiger partial charge in [-0.2, -0.15) is 0 Å². The van der Waals surface area contributed by atoms with E-state index in [4.69, 9.17) is 4.74 Å². The zero-order chi connectivity index (χ0) is 22.4. The minimum absolute atomic E-state index is 0.0180. The van der Waals surface area contributed by atoms with Crippen molar-refractivity contribution in [3.63, 3.8) is 0 Å². The highest BCUT2D eigenvalue weighted by Gasteiger charge is 2.49. The van der Waals surface area contributed by atoms with E-state index in [0.29, 0.717) is 12.2 Å². The van der Waals surface area contributed by atoms with Crippen molar-refractivity contribution in [1.82, 2.24) is 4.90 Å². The van der Waals surface area contributed by atoms with Crippen molar-refractivity contribution in [1.29, 1.82) is 0 Å². The minimum Gasteiger partial charge on any atom is -0.507 e. The van der Waals surface area contributed by atoms with Crippen LogP contribution in [0.5, 0.6) is 5.75 Å². The summed E-state index contributed by atoms with van der Waals surface area (Å²) in [6.07, 6.45) is 3.86. The van der Waals surface area contributed by atoms with Crippen LogP contribution in [0, 0.1) is 6.92 Å². The van der Waals surface area contributed by atoms with E-state index in [1.165, 1.54) is 0 Å². The molecule has 3 aliphatic rings. The van der Waals surface area contributed by atoms with Crippen LogP contribution in [0.25, 0.3) is 5.76 Å². The molecule has 5 rings (SSSR count). The monoisotopic (exact) mass is 432 g/mol. The van der Waals surface area contributed by atoms with Crippen LogP contribution in [0.3, 0.4) is 0 Å². The Morgan fingerprint density at radius 3 is 2.59 bits per heavy atom. The number of ketones is 1. The van der Waals surface area contributed by atoms with E-state index in [0.717, 1.165) is 54.8 Å². The predicted molar refractivity (Wildman–Crippen MR) is 123 cm³/mol. The molecule has 2 aromatic carbocycles. The van der Waals surface area contributed by atoms with Crippen LogP contribution in [-0.2, 0) is 9.59 Å². The summed E-state index contributed by atoms with van der Waals surface area (Å²) in [6, 6.07) is 12.6. The van der Waals surface area contributed by atoms with Gasteiger partial charge < -0.3 is 19.6 Å². The number of likely N-dealkylation sites (tertiary alicyclic amines) is 1. The molecular weight excluding hydrogens is 404 g/mol. The third-order valence-corrected chi connectivity index (χ3v) is 7.01. The third kappa shape index (κ3) is 3.25. The number of benzene rings is 2. The molecule has 1 aliphatic carbocycles. The molecule has 2 aromatic rings. The number of hydrogen-bond acceptors (Lipinski definition) is 5. The average molecular weight is 433 g/mol. The van der Waals surface area contributed by atoms with E-state index in [1.807, 2.05) is 50.4 Å². The summed E-state index contributed by atoms with van der Waals surface area (Å²) in [6.45, 7) is 3.33. The van der Waals surface area contributed by atoms with Crippen LogP contribution >= 0.6 is 0 Å². The molecule has 1 saturated carbocycles. The maximum absolute atomic E-state index is 13.3. The van der Waals surface area contributed by atoms with Gasteiger partial charge in [0, 0.05) is 18.7 Å². The van der Waals surface area contributed by atoms with Crippen molar-refractivity contribution in [2.75, 3.05) is 25.1 Å². The number of likely N-dealkylation sites (N-methyl/N-ethyl adjacent to an activating group) is 1. The number of Topliss-reactive ketones (excluding diaryl/α,β-unsaturated/α-hetero) is 1. The Bertz CT molecular complexity index is 1120. The highest BCUT2D eigenvalue weighted by molar-refractivity contribution is 6.46. The Morgan fingerprint density at radius 1 is 1.09 bits per heavy atom. The zero-order valence-electron chi connectivity index (χ0n) is 18.5. The van der Waals surface area contributed by atoms with E-state index in [9.17, 15) is 14.7 Å². The summed E-state index contributed by atoms with van der Waals surface area (Å²) in [4.78, 5) is 30.3. The average Bonchev–Trinajstić information content (AvgIpc) is 3.41. The van der Waals surface area contributed by atoms with Crippen molar-refractivity contribution < 1.29 is 19.4 Å². The summed E-state index contributed by atoms with van der Waals surface area (Å²) in [5.74, 6) is -0.494. The quantitative estimate of drug-likeness (QED) is 0.447. The second-order valence-corrected chi connectivity index (χ2v) is 8.95. The molecule has 0 radical (unpaired) electrons. The smallest absolute Gasteiger partial charge is 0.295 e. The molecule has 0 aromatic heterocycles. The largest absolute Gasteiger partial charge is 0.507 e. The Labute approximate surface area is 188 Å². The molecule has 1 atom stereocenters. The predicted octanol–water partition coefficient (Wildman–Crippen LogP) is 4.19. The lowest BCUT2D eigenvalue weighted by atomic mass is 9.92. The second kappa shape index (κ2) is 8.01. The SMILES string of the molecule is Cc1ccccc1C1/C(=C(\O)c2ccc3c(c2)N(C)CCO3)C(=O)C(=O)N1C1CCCC1. The van der Waals surface area contributed by atoms with Crippen molar-refractivity contribution in [3.8, 4) is 5.75 Å². The van der Waals surface area contributed by atoms with E-state index >= 15 is 0 Å². The van der Waals surface area contributed by atoms with Gasteiger partial charge in [-0.1, -0.05) is 37.1 Å². The van der Waals surface area contributed by atoms with Gasteiger partial charge in [0.25, 0.3) is 11.7 Å². The van der Waals surface area contributed by atoms with Crippen molar-refractivity contribution >= 4 is 23.1 Å². The number of nitrogens with zero attached hydrogens (tertiary/aromatic N) is 2. The number of aliphatic hydroxyl groups is 1. The van der Waals surface area contributed by atoms with Gasteiger partial charge in [-0.25, -0.2) is 0 Å². The Kier molecular flexibility index (Phi) is 5.16. The molecule has 0 spiro atoms. The molecule has 2 aliphatic heterocycles.